The van der Waals surface area contributed by atoms with E-state index < -0.39 is 313 Å². The van der Waals surface area contributed by atoms with Crippen LogP contribution in [-0.2, 0) is 110 Å². The van der Waals surface area contributed by atoms with E-state index in [0.29, 0.717) is 27.6 Å². The van der Waals surface area contributed by atoms with E-state index in [1.165, 1.54) is 6.20 Å². The monoisotopic (exact) mass is 1520 g/mol. The van der Waals surface area contributed by atoms with Gasteiger partial charge in [0.15, 0.2) is 28.9 Å². The maximum Gasteiger partial charge on any atom is 0.224 e. The number of hydrogen-bond donors (Lipinski definition) is 9. The second-order valence-corrected chi connectivity index (χ2v) is 26.8. The third kappa shape index (κ3) is 33.3. The van der Waals surface area contributed by atoms with Crippen LogP contribution in [0.2, 0.25) is 0 Å². The highest BCUT2D eigenvalue weighted by molar-refractivity contribution is 6.00. The second-order valence-electron chi connectivity index (χ2n) is 26.8. The highest BCUT2D eigenvalue weighted by Crippen LogP contribution is 2.27. The van der Waals surface area contributed by atoms with Crippen molar-refractivity contribution in [1.29, 1.82) is 0 Å². The number of amides is 7. The van der Waals surface area contributed by atoms with E-state index in [1.54, 1.807) is 84.9 Å². The fraction of sp³-hybridized carbons (Fsp3) is 0.480. The number of H-pyrrole nitrogens is 1. The summed E-state index contributed by atoms with van der Waals surface area (Å²) < 4.78 is 0. The summed E-state index contributed by atoms with van der Waals surface area (Å²) in [5.74, 6) is -30.3. The molecule has 34 heteroatoms. The number of para-hydroxylation sites is 1. The first-order valence-corrected chi connectivity index (χ1v) is 35.3. The Kier molecular flexibility index (Phi) is 37.6. The molecule has 3 aromatic carbocycles. The number of fused-ring (bicyclic) bond motifs is 1. The normalized spacial score (nSPS) is 14.1. The van der Waals surface area contributed by atoms with Gasteiger partial charge in [-0.15, -0.1) is 0 Å². The molecule has 0 spiro atoms. The Morgan fingerprint density at radius 2 is 0.624 bits per heavy atom. The van der Waals surface area contributed by atoms with Crippen LogP contribution in [0.1, 0.15) is 158 Å². The molecule has 0 unspecified atom stereocenters. The molecular formula is C75H89N9O25-6. The molecule has 1 heterocycles. The zero-order valence-corrected chi connectivity index (χ0v) is 59.9. The lowest BCUT2D eigenvalue weighted by Gasteiger charge is -2.27. The summed E-state index contributed by atoms with van der Waals surface area (Å²) in [6.07, 6.45) is -13.9. The van der Waals surface area contributed by atoms with Crippen molar-refractivity contribution < 1.29 is 122 Å². The van der Waals surface area contributed by atoms with Gasteiger partial charge < -0.3 is 108 Å². The molecule has 0 fully saturated rings. The number of carboxylic acids is 6. The highest BCUT2D eigenvalue weighted by Gasteiger charge is 2.38. The van der Waals surface area contributed by atoms with Crippen LogP contribution in [0.15, 0.2) is 91.1 Å². The molecular weight excluding hydrogens is 1430 g/mol. The number of carbonyl (C=O) groups is 19. The van der Waals surface area contributed by atoms with Gasteiger partial charge in [0, 0.05) is 127 Å². The van der Waals surface area contributed by atoms with Gasteiger partial charge in [0.25, 0.3) is 0 Å². The van der Waals surface area contributed by atoms with Gasteiger partial charge in [-0.2, -0.15) is 0 Å². The van der Waals surface area contributed by atoms with E-state index in [0.717, 1.165) is 6.92 Å². The first-order chi connectivity index (χ1) is 51.5. The smallest absolute Gasteiger partial charge is 0.224 e. The lowest BCUT2D eigenvalue weighted by molar-refractivity contribution is -0.307. The van der Waals surface area contributed by atoms with Crippen molar-refractivity contribution in [3.8, 4) is 0 Å². The van der Waals surface area contributed by atoms with Gasteiger partial charge in [-0.1, -0.05) is 78.9 Å². The summed E-state index contributed by atoms with van der Waals surface area (Å²) in [6.45, 7) is 1.05. The minimum absolute atomic E-state index is 0.314. The summed E-state index contributed by atoms with van der Waals surface area (Å²) >= 11 is 0. The van der Waals surface area contributed by atoms with Gasteiger partial charge in [-0.05, 0) is 139 Å². The van der Waals surface area contributed by atoms with Crippen LogP contribution in [0, 0.1) is 29.6 Å². The number of carboxylic acid groups (broad SMARTS) is 6. The van der Waals surface area contributed by atoms with E-state index in [1.807, 2.05) is 0 Å². The molecule has 0 saturated carbocycles. The Labute approximate surface area is 625 Å². The summed E-state index contributed by atoms with van der Waals surface area (Å²) in [4.78, 5) is 254. The van der Waals surface area contributed by atoms with Gasteiger partial charge in [-0.25, -0.2) is 0 Å². The summed E-state index contributed by atoms with van der Waals surface area (Å²) in [5.41, 5.74) is 18.3. The predicted molar refractivity (Wildman–Crippen MR) is 368 cm³/mol. The topological polar surface area (TPSA) is 617 Å². The number of ketones is 6. The molecule has 12 N–H and O–H groups in total. The maximum atomic E-state index is 15.1. The average Bonchev–Trinajstić information content (AvgIpc) is 1.72. The number of aromatic amines is 1. The molecule has 590 valence electrons. The molecule has 0 bridgehead atoms. The molecule has 11 atom stereocenters. The van der Waals surface area contributed by atoms with Crippen LogP contribution < -0.4 is 74.4 Å². The number of hydrogen-bond acceptors (Lipinski definition) is 26. The van der Waals surface area contributed by atoms with Crippen molar-refractivity contribution in [2.45, 2.75) is 197 Å². The quantitative estimate of drug-likeness (QED) is 0.0199. The van der Waals surface area contributed by atoms with E-state index in [2.05, 4.69) is 31.6 Å². The molecule has 0 aliphatic heterocycles. The zero-order valence-electron chi connectivity index (χ0n) is 59.9. The molecule has 0 radical (unpaired) electrons. The van der Waals surface area contributed by atoms with Gasteiger partial charge in [0.05, 0.1) is 36.3 Å². The molecule has 109 heavy (non-hydrogen) atoms. The highest BCUT2D eigenvalue weighted by atomic mass is 16.4. The summed E-state index contributed by atoms with van der Waals surface area (Å²) in [7, 11) is 0. The van der Waals surface area contributed by atoms with Crippen LogP contribution in [0.3, 0.4) is 0 Å². The zero-order chi connectivity index (χ0) is 81.0. The van der Waals surface area contributed by atoms with Crippen molar-refractivity contribution in [3.05, 3.63) is 108 Å². The maximum absolute atomic E-state index is 15.1. The van der Waals surface area contributed by atoms with Crippen molar-refractivity contribution >= 4 is 123 Å². The Hall–Kier alpha value is -11.7. The number of nitrogens with one attached hydrogen (secondary N) is 6. The minimum atomic E-state index is -1.84. The SMILES string of the molecule is CC(=O)[C@H](CCC(=O)[O-])NC(=O)[C@H](CCC(N)=O)CC(=O)[C@H](CCC(=O)[O-])NC(=O)[C@@H](CC(=O)[C@H](CCC(=O)[O-])NC(=O)[C@@H](CC(=O)[C@H](CCC(=O)[O-])NC(=O)[C@@H](CC(=O)[C@H](CCC(=O)[O-])NC(=O)[C@H](CCC(N)=O)CC(=O)[C@@H](N)CCC(=O)[O-])Cc1ccccc1)Cc1c[nH]c2ccccc12)Cc1ccccc1. The Morgan fingerprint density at radius 3 is 0.963 bits per heavy atom. The van der Waals surface area contributed by atoms with E-state index >= 15 is 9.59 Å². The fourth-order valence-corrected chi connectivity index (χ4v) is 12.2. The van der Waals surface area contributed by atoms with Crippen molar-refractivity contribution in [2.75, 3.05) is 0 Å². The lowest BCUT2D eigenvalue weighted by Crippen LogP contribution is -2.50. The molecule has 1 aromatic heterocycles. The van der Waals surface area contributed by atoms with Crippen molar-refractivity contribution in [3.63, 3.8) is 0 Å². The van der Waals surface area contributed by atoms with Gasteiger partial charge in [0.2, 0.25) is 41.4 Å². The number of aromatic nitrogens is 1. The van der Waals surface area contributed by atoms with Crippen LogP contribution in [0.4, 0.5) is 0 Å². The van der Waals surface area contributed by atoms with Gasteiger partial charge in [-0.3, -0.25) is 62.3 Å². The number of carbonyl (C=O) groups excluding carboxylic acids is 19. The number of benzene rings is 3. The average molecular weight is 1520 g/mol. The fourth-order valence-electron chi connectivity index (χ4n) is 12.2. The largest absolute Gasteiger partial charge is 0.550 e. The number of primary amides is 2. The van der Waals surface area contributed by atoms with Crippen molar-refractivity contribution in [2.24, 2.45) is 46.8 Å². The van der Waals surface area contributed by atoms with E-state index in [4.69, 9.17) is 17.2 Å². The first kappa shape index (κ1) is 89.7. The second kappa shape index (κ2) is 45.7. The molecule has 7 amide bonds. The Morgan fingerprint density at radius 1 is 0.339 bits per heavy atom. The summed E-state index contributed by atoms with van der Waals surface area (Å²) in [6, 6.07) is 12.4. The van der Waals surface area contributed by atoms with Crippen molar-refractivity contribution in [1.82, 2.24) is 31.6 Å². The Balaban J connectivity index is 1.76. The van der Waals surface area contributed by atoms with Crippen LogP contribution in [-0.4, -0.2) is 153 Å². The van der Waals surface area contributed by atoms with Crippen LogP contribution in [0.5, 0.6) is 0 Å². The minimum Gasteiger partial charge on any atom is -0.550 e. The number of Topliss-reactive ketones (excluding diaryl/α,β-unsaturated/α-hetero) is 6. The molecule has 34 nitrogen and oxygen atoms in total. The Bertz CT molecular complexity index is 3940. The third-order valence-electron chi connectivity index (χ3n) is 18.2. The van der Waals surface area contributed by atoms with E-state index in [-0.39, 0.29) is 19.3 Å². The molecule has 0 saturated heterocycles. The van der Waals surface area contributed by atoms with Crippen LogP contribution in [0.25, 0.3) is 10.9 Å². The third-order valence-corrected chi connectivity index (χ3v) is 18.2. The lowest BCUT2D eigenvalue weighted by atomic mass is 9.87. The standard InChI is InChI=1S/C75H95N9O25/c1-41(85)52(19-27-66(95)96)80-71(105)45(17-25-64(78)92)36-59(87)54(20-28-67(97)98)82-73(107)47(33-43-12-6-3-7-13-43)38-61(89)56(22-30-69(101)102)84-75(109)48(34-49-40-79-53-15-9-8-14-50(49)53)39-62(90)57(23-31-70(103)104)83-74(108)46(32-42-10-4-2-5-11-42)37-60(88)55(21-29-68(99)100)81-72(106)44(16-24-63(77)91)35-58(86)51(76)18-26-65(93)94/h2-15,40,44-48,51-52,54-57,79H,16-39,76H2,1H3,(H2,77,91)(H2,78,92)(H,80,105)(H,81,106)(H,82,107)(H,83,108)(H,84,109)(H,93,94)(H,95,96)(H,97,98)(H,99,100)(H,101,102)(H,103,104)/p-6/t44-,45-,46-,47-,48-,51+,52+,54+,55+,56+,57+/m1/s1. The molecule has 0 aliphatic carbocycles. The predicted octanol–water partition coefficient (Wildman–Crippen LogP) is -5.88. The number of nitrogens with two attached hydrogens (primary N) is 3. The van der Waals surface area contributed by atoms with E-state index in [9.17, 15) is 112 Å². The van der Waals surface area contributed by atoms with Crippen LogP contribution >= 0.6 is 0 Å². The number of rotatable bonds is 56. The van der Waals surface area contributed by atoms with Gasteiger partial charge in [0.1, 0.15) is 5.78 Å². The molecule has 0 aliphatic rings. The molecule has 4 rings (SSSR count). The number of aliphatic carboxylic acids is 6. The first-order valence-electron chi connectivity index (χ1n) is 35.3. The van der Waals surface area contributed by atoms with Gasteiger partial charge >= 0.3 is 0 Å². The summed E-state index contributed by atoms with van der Waals surface area (Å²) in [5, 5.41) is 83.2. The molecule has 4 aromatic rings.